The van der Waals surface area contributed by atoms with Gasteiger partial charge >= 0.3 is 0 Å². The van der Waals surface area contributed by atoms with Crippen molar-refractivity contribution in [3.63, 3.8) is 0 Å². The molecule has 8 heteroatoms. The molecule has 0 amide bonds. The number of benzene rings is 2. The van der Waals surface area contributed by atoms with Crippen LogP contribution in [0.15, 0.2) is 60.8 Å². The van der Waals surface area contributed by atoms with Gasteiger partial charge in [-0.25, -0.2) is 9.97 Å². The lowest BCUT2D eigenvalue weighted by atomic mass is 10.1. The molecule has 5 N–H and O–H groups in total. The summed E-state index contributed by atoms with van der Waals surface area (Å²) in [6, 6.07) is 15.8. The predicted molar refractivity (Wildman–Crippen MR) is 122 cm³/mol. The van der Waals surface area contributed by atoms with E-state index in [1.807, 2.05) is 60.0 Å². The number of hydrogen-bond acceptors (Lipinski definition) is 7. The summed E-state index contributed by atoms with van der Waals surface area (Å²) in [7, 11) is 0. The van der Waals surface area contributed by atoms with Crippen LogP contribution in [0, 0.1) is 0 Å². The maximum absolute atomic E-state index is 6.26. The number of nitrogens with two attached hydrogens (primary N) is 2. The minimum Gasteiger partial charge on any atom is -0.489 e. The summed E-state index contributed by atoms with van der Waals surface area (Å²) >= 11 is 0. The van der Waals surface area contributed by atoms with Crippen LogP contribution in [-0.2, 0) is 24.6 Å². The third kappa shape index (κ3) is 4.45. The number of pyridine rings is 1. The van der Waals surface area contributed by atoms with Crippen LogP contribution in [0.5, 0.6) is 5.75 Å². The van der Waals surface area contributed by atoms with Gasteiger partial charge in [-0.1, -0.05) is 36.9 Å². The van der Waals surface area contributed by atoms with Crippen molar-refractivity contribution in [1.29, 1.82) is 0 Å². The first-order valence-electron chi connectivity index (χ1n) is 10.0. The molecule has 0 bridgehead atoms. The second-order valence-electron chi connectivity index (χ2n) is 7.29. The molecule has 4 aromatic rings. The smallest absolute Gasteiger partial charge is 0.152 e. The molecule has 0 radical (unpaired) electrons. The van der Waals surface area contributed by atoms with Gasteiger partial charge in [0.05, 0.1) is 11.0 Å². The van der Waals surface area contributed by atoms with Crippen LogP contribution in [-0.4, -0.2) is 21.1 Å². The standard InChI is InChI=1S/C23H26N6O2/c1-15(2)28-31-14-20-27-21-22(29(20)11-10-24)18-9-8-17(12-19(18)26-23(21)25)30-13-16-6-4-3-5-7-16/h3-9,12,28H,1,10-11,13-14,24H2,2H3,(H2,25,26). The zero-order chi connectivity index (χ0) is 21.8. The monoisotopic (exact) mass is 418 g/mol. The highest BCUT2D eigenvalue weighted by atomic mass is 16.6. The zero-order valence-electron chi connectivity index (χ0n) is 17.5. The lowest BCUT2D eigenvalue weighted by Crippen LogP contribution is -2.16. The van der Waals surface area contributed by atoms with Gasteiger partial charge in [-0.15, -0.1) is 0 Å². The SMILES string of the molecule is C=C(C)NOCc1nc2c(N)nc3cc(OCc4ccccc4)ccc3c2n1CCN. The summed E-state index contributed by atoms with van der Waals surface area (Å²) in [6.45, 7) is 7.32. The van der Waals surface area contributed by atoms with E-state index in [-0.39, 0.29) is 6.61 Å². The lowest BCUT2D eigenvalue weighted by molar-refractivity contribution is 0.0439. The summed E-state index contributed by atoms with van der Waals surface area (Å²) in [5, 5.41) is 0.927. The number of aromatic nitrogens is 3. The highest BCUT2D eigenvalue weighted by Crippen LogP contribution is 2.31. The quantitative estimate of drug-likeness (QED) is 0.358. The van der Waals surface area contributed by atoms with Gasteiger partial charge in [0.25, 0.3) is 0 Å². The maximum Gasteiger partial charge on any atom is 0.152 e. The molecule has 2 heterocycles. The van der Waals surface area contributed by atoms with E-state index in [2.05, 4.69) is 22.0 Å². The molecule has 4 rings (SSSR count). The van der Waals surface area contributed by atoms with Crippen LogP contribution >= 0.6 is 0 Å². The number of imidazole rings is 1. The van der Waals surface area contributed by atoms with Gasteiger partial charge in [-0.05, 0) is 24.6 Å². The first-order valence-corrected chi connectivity index (χ1v) is 10.0. The Hall–Kier alpha value is -3.62. The molecule has 0 saturated heterocycles. The molecule has 2 aromatic carbocycles. The number of fused-ring (bicyclic) bond motifs is 3. The third-order valence-electron chi connectivity index (χ3n) is 4.80. The average Bonchev–Trinajstić information content (AvgIpc) is 3.12. The average molecular weight is 419 g/mol. The fourth-order valence-electron chi connectivity index (χ4n) is 3.47. The minimum atomic E-state index is 0.237. The van der Waals surface area contributed by atoms with Crippen LogP contribution in [0.25, 0.3) is 21.9 Å². The number of allylic oxidation sites excluding steroid dienone is 1. The Kier molecular flexibility index (Phi) is 6.01. The second kappa shape index (κ2) is 9.03. The van der Waals surface area contributed by atoms with Crippen molar-refractivity contribution < 1.29 is 9.57 Å². The molecule has 8 nitrogen and oxygen atoms in total. The van der Waals surface area contributed by atoms with E-state index in [0.29, 0.717) is 42.6 Å². The highest BCUT2D eigenvalue weighted by Gasteiger charge is 2.17. The van der Waals surface area contributed by atoms with E-state index >= 15 is 0 Å². The molecule has 0 atom stereocenters. The third-order valence-corrected chi connectivity index (χ3v) is 4.80. The molecular formula is C23H26N6O2. The normalized spacial score (nSPS) is 11.2. The Bertz CT molecular complexity index is 1220. The zero-order valence-corrected chi connectivity index (χ0v) is 17.5. The van der Waals surface area contributed by atoms with Gasteiger partial charge < -0.3 is 20.8 Å². The van der Waals surface area contributed by atoms with Crippen LogP contribution in [0.3, 0.4) is 0 Å². The van der Waals surface area contributed by atoms with Crippen molar-refractivity contribution in [1.82, 2.24) is 20.0 Å². The van der Waals surface area contributed by atoms with Crippen molar-refractivity contribution in [2.24, 2.45) is 5.73 Å². The fraction of sp³-hybridized carbons (Fsp3) is 0.217. The summed E-state index contributed by atoms with van der Waals surface area (Å²) in [4.78, 5) is 14.7. The first-order chi connectivity index (χ1) is 15.1. The lowest BCUT2D eigenvalue weighted by Gasteiger charge is -2.11. The molecule has 0 aliphatic carbocycles. The number of ether oxygens (including phenoxy) is 1. The van der Waals surface area contributed by atoms with Gasteiger partial charge in [0.1, 0.15) is 30.3 Å². The second-order valence-corrected chi connectivity index (χ2v) is 7.29. The molecule has 0 spiro atoms. The predicted octanol–water partition coefficient (Wildman–Crippen LogP) is 3.26. The number of anilines is 1. The van der Waals surface area contributed by atoms with E-state index in [1.54, 1.807) is 0 Å². The molecule has 0 saturated carbocycles. The van der Waals surface area contributed by atoms with Gasteiger partial charge in [-0.2, -0.15) is 0 Å². The van der Waals surface area contributed by atoms with Crippen LogP contribution in [0.1, 0.15) is 18.3 Å². The van der Waals surface area contributed by atoms with Gasteiger partial charge in [-0.3, -0.25) is 10.3 Å². The van der Waals surface area contributed by atoms with Crippen LogP contribution in [0.4, 0.5) is 5.82 Å². The van der Waals surface area contributed by atoms with Crippen molar-refractivity contribution >= 4 is 27.8 Å². The molecule has 0 aliphatic rings. The Morgan fingerprint density at radius 3 is 2.68 bits per heavy atom. The summed E-state index contributed by atoms with van der Waals surface area (Å²) in [6.07, 6.45) is 0. The van der Waals surface area contributed by atoms with Gasteiger partial charge in [0.2, 0.25) is 0 Å². The molecule has 0 unspecified atom stereocenters. The van der Waals surface area contributed by atoms with Crippen molar-refractivity contribution in [3.05, 3.63) is 72.2 Å². The fourth-order valence-corrected chi connectivity index (χ4v) is 3.47. The Labute approximate surface area is 180 Å². The summed E-state index contributed by atoms with van der Waals surface area (Å²) < 4.78 is 7.98. The summed E-state index contributed by atoms with van der Waals surface area (Å²) in [5.41, 5.74) is 18.9. The van der Waals surface area contributed by atoms with Crippen molar-refractivity contribution in [2.45, 2.75) is 26.7 Å². The van der Waals surface area contributed by atoms with Gasteiger partial charge in [0.15, 0.2) is 5.82 Å². The van der Waals surface area contributed by atoms with Crippen molar-refractivity contribution in [2.75, 3.05) is 12.3 Å². The number of nitrogen functional groups attached to an aromatic ring is 1. The number of nitrogens with one attached hydrogen (secondary N) is 1. The first kappa shape index (κ1) is 20.6. The van der Waals surface area contributed by atoms with E-state index < -0.39 is 0 Å². The van der Waals surface area contributed by atoms with E-state index in [9.17, 15) is 0 Å². The molecule has 160 valence electrons. The van der Waals surface area contributed by atoms with E-state index in [0.717, 1.165) is 27.7 Å². The van der Waals surface area contributed by atoms with E-state index in [4.69, 9.17) is 21.0 Å². The molecule has 31 heavy (non-hydrogen) atoms. The van der Waals surface area contributed by atoms with Crippen molar-refractivity contribution in [3.8, 4) is 5.75 Å². The maximum atomic E-state index is 6.26. The summed E-state index contributed by atoms with van der Waals surface area (Å²) in [5.74, 6) is 1.79. The Morgan fingerprint density at radius 2 is 1.94 bits per heavy atom. The molecule has 0 aliphatic heterocycles. The number of hydrogen-bond donors (Lipinski definition) is 3. The van der Waals surface area contributed by atoms with Gasteiger partial charge in [0, 0.05) is 30.2 Å². The minimum absolute atomic E-state index is 0.237. The van der Waals surface area contributed by atoms with Crippen LogP contribution < -0.4 is 21.7 Å². The molecular weight excluding hydrogens is 392 g/mol. The number of nitrogens with zero attached hydrogens (tertiary/aromatic N) is 3. The number of rotatable bonds is 9. The highest BCUT2D eigenvalue weighted by molar-refractivity contribution is 6.06. The Balaban J connectivity index is 1.71. The topological polar surface area (TPSA) is 113 Å². The largest absolute Gasteiger partial charge is 0.489 e. The Morgan fingerprint density at radius 1 is 1.13 bits per heavy atom. The van der Waals surface area contributed by atoms with Crippen LogP contribution in [0.2, 0.25) is 0 Å². The van der Waals surface area contributed by atoms with E-state index in [1.165, 1.54) is 0 Å². The molecule has 2 aromatic heterocycles. The number of hydroxylamine groups is 1. The molecule has 0 fully saturated rings.